The summed E-state index contributed by atoms with van der Waals surface area (Å²) in [5.41, 5.74) is 1.23. The molecule has 1 fully saturated rings. The van der Waals surface area contributed by atoms with Crippen LogP contribution in [-0.2, 0) is 0 Å². The maximum absolute atomic E-state index is 5.89. The Labute approximate surface area is 131 Å². The minimum Gasteiger partial charge on any atom is -0.491 e. The molecule has 0 aliphatic carbocycles. The predicted octanol–water partition coefficient (Wildman–Crippen LogP) is 3.16. The van der Waals surface area contributed by atoms with Gasteiger partial charge >= 0.3 is 0 Å². The van der Waals surface area contributed by atoms with Gasteiger partial charge in [0.1, 0.15) is 12.4 Å². The molecule has 1 aromatic carbocycles. The molecule has 0 N–H and O–H groups in total. The predicted molar refractivity (Wildman–Crippen MR) is 87.5 cm³/mol. The van der Waals surface area contributed by atoms with Gasteiger partial charge in [0.25, 0.3) is 0 Å². The summed E-state index contributed by atoms with van der Waals surface area (Å²) < 4.78 is 6.93. The molecule has 0 saturated carbocycles. The van der Waals surface area contributed by atoms with Gasteiger partial charge in [0, 0.05) is 38.8 Å². The molecule has 2 rings (SSSR count). The van der Waals surface area contributed by atoms with Crippen molar-refractivity contribution in [1.82, 2.24) is 9.80 Å². The molecule has 0 bridgehead atoms. The molecule has 0 atom stereocenters. The Morgan fingerprint density at radius 1 is 1.20 bits per heavy atom. The first kappa shape index (κ1) is 15.8. The van der Waals surface area contributed by atoms with E-state index in [0.717, 1.165) is 36.5 Å². The van der Waals surface area contributed by atoms with Crippen molar-refractivity contribution in [2.45, 2.75) is 26.8 Å². The second-order valence-electron chi connectivity index (χ2n) is 5.75. The first-order valence-electron chi connectivity index (χ1n) is 7.41. The van der Waals surface area contributed by atoms with Crippen LogP contribution < -0.4 is 4.74 Å². The molecule has 20 heavy (non-hydrogen) atoms. The lowest BCUT2D eigenvalue weighted by atomic mass is 10.2. The van der Waals surface area contributed by atoms with Gasteiger partial charge in [-0.05, 0) is 54.4 Å². The third-order valence-electron chi connectivity index (χ3n) is 3.89. The summed E-state index contributed by atoms with van der Waals surface area (Å²) in [5.74, 6) is 0.950. The molecular weight excluding hydrogens is 316 g/mol. The van der Waals surface area contributed by atoms with E-state index in [0.29, 0.717) is 6.04 Å². The summed E-state index contributed by atoms with van der Waals surface area (Å²) in [6, 6.07) is 6.88. The second kappa shape index (κ2) is 7.43. The molecule has 1 saturated heterocycles. The van der Waals surface area contributed by atoms with E-state index in [1.54, 1.807) is 0 Å². The first-order chi connectivity index (χ1) is 9.56. The van der Waals surface area contributed by atoms with Gasteiger partial charge in [-0.25, -0.2) is 0 Å². The lowest BCUT2D eigenvalue weighted by molar-refractivity contribution is 0.0970. The molecule has 0 radical (unpaired) electrons. The zero-order valence-electron chi connectivity index (χ0n) is 12.7. The van der Waals surface area contributed by atoms with Crippen molar-refractivity contribution in [3.05, 3.63) is 28.2 Å². The van der Waals surface area contributed by atoms with Gasteiger partial charge < -0.3 is 4.74 Å². The van der Waals surface area contributed by atoms with Crippen LogP contribution in [0.25, 0.3) is 0 Å². The third kappa shape index (κ3) is 4.47. The highest BCUT2D eigenvalue weighted by atomic mass is 79.9. The maximum Gasteiger partial charge on any atom is 0.133 e. The fourth-order valence-corrected chi connectivity index (χ4v) is 2.87. The maximum atomic E-state index is 5.89. The van der Waals surface area contributed by atoms with Crippen molar-refractivity contribution in [1.29, 1.82) is 0 Å². The number of hydrogen-bond donors (Lipinski definition) is 0. The Bertz CT molecular complexity index is 428. The summed E-state index contributed by atoms with van der Waals surface area (Å²) >= 11 is 3.54. The average molecular weight is 341 g/mol. The summed E-state index contributed by atoms with van der Waals surface area (Å²) in [6.45, 7) is 13.0. The SMILES string of the molecule is Cc1ccc(Br)c(OCCN2CCN(C(C)C)CC2)c1. The van der Waals surface area contributed by atoms with E-state index in [1.807, 2.05) is 6.07 Å². The van der Waals surface area contributed by atoms with Crippen LogP contribution in [0.3, 0.4) is 0 Å². The van der Waals surface area contributed by atoms with Crippen LogP contribution >= 0.6 is 15.9 Å². The van der Waals surface area contributed by atoms with Crippen molar-refractivity contribution in [3.8, 4) is 5.75 Å². The summed E-state index contributed by atoms with van der Waals surface area (Å²) in [6.07, 6.45) is 0. The molecule has 1 aliphatic heterocycles. The number of ether oxygens (including phenoxy) is 1. The Hall–Kier alpha value is -0.580. The Balaban J connectivity index is 1.73. The summed E-state index contributed by atoms with van der Waals surface area (Å²) in [4.78, 5) is 5.02. The zero-order valence-corrected chi connectivity index (χ0v) is 14.3. The number of aryl methyl sites for hydroxylation is 1. The Morgan fingerprint density at radius 2 is 1.90 bits per heavy atom. The average Bonchev–Trinajstić information content (AvgIpc) is 2.43. The van der Waals surface area contributed by atoms with Gasteiger partial charge in [-0.1, -0.05) is 6.07 Å². The van der Waals surface area contributed by atoms with Gasteiger partial charge in [-0.15, -0.1) is 0 Å². The highest BCUT2D eigenvalue weighted by molar-refractivity contribution is 9.10. The molecule has 0 amide bonds. The molecular formula is C16H25BrN2O. The lowest BCUT2D eigenvalue weighted by Crippen LogP contribution is -2.49. The van der Waals surface area contributed by atoms with Crippen LogP contribution in [-0.4, -0.2) is 55.2 Å². The quantitative estimate of drug-likeness (QED) is 0.818. The Kier molecular flexibility index (Phi) is 5.87. The molecule has 1 heterocycles. The lowest BCUT2D eigenvalue weighted by Gasteiger charge is -2.36. The molecule has 1 aliphatic rings. The molecule has 1 aromatic rings. The van der Waals surface area contributed by atoms with E-state index in [4.69, 9.17) is 4.74 Å². The van der Waals surface area contributed by atoms with Crippen LogP contribution in [0.4, 0.5) is 0 Å². The first-order valence-corrected chi connectivity index (χ1v) is 8.21. The molecule has 0 aromatic heterocycles. The third-order valence-corrected chi connectivity index (χ3v) is 4.54. The van der Waals surface area contributed by atoms with E-state index >= 15 is 0 Å². The largest absolute Gasteiger partial charge is 0.491 e. The molecule has 0 spiro atoms. The standard InChI is InChI=1S/C16H25BrN2O/c1-13(2)19-8-6-18(7-9-19)10-11-20-16-12-14(3)4-5-15(16)17/h4-5,12-13H,6-11H2,1-3H3. The minimum atomic E-state index is 0.664. The van der Waals surface area contributed by atoms with E-state index in [-0.39, 0.29) is 0 Å². The van der Waals surface area contributed by atoms with Crippen molar-refractivity contribution < 1.29 is 4.74 Å². The number of rotatable bonds is 5. The minimum absolute atomic E-state index is 0.664. The van der Waals surface area contributed by atoms with Crippen molar-refractivity contribution in [2.24, 2.45) is 0 Å². The van der Waals surface area contributed by atoms with Gasteiger partial charge in [-0.3, -0.25) is 9.80 Å². The number of halogens is 1. The van der Waals surface area contributed by atoms with Gasteiger partial charge in [-0.2, -0.15) is 0 Å². The smallest absolute Gasteiger partial charge is 0.133 e. The van der Waals surface area contributed by atoms with E-state index in [2.05, 4.69) is 58.6 Å². The van der Waals surface area contributed by atoms with Gasteiger partial charge in [0.15, 0.2) is 0 Å². The fraction of sp³-hybridized carbons (Fsp3) is 0.625. The van der Waals surface area contributed by atoms with E-state index < -0.39 is 0 Å². The van der Waals surface area contributed by atoms with Gasteiger partial charge in [0.2, 0.25) is 0 Å². The number of hydrogen-bond acceptors (Lipinski definition) is 3. The van der Waals surface area contributed by atoms with Crippen LogP contribution in [0.15, 0.2) is 22.7 Å². The van der Waals surface area contributed by atoms with Crippen LogP contribution in [0.5, 0.6) is 5.75 Å². The zero-order chi connectivity index (χ0) is 14.5. The van der Waals surface area contributed by atoms with Crippen molar-refractivity contribution >= 4 is 15.9 Å². The molecule has 4 heteroatoms. The van der Waals surface area contributed by atoms with Crippen molar-refractivity contribution in [3.63, 3.8) is 0 Å². The van der Waals surface area contributed by atoms with E-state index in [9.17, 15) is 0 Å². The van der Waals surface area contributed by atoms with Gasteiger partial charge in [0.05, 0.1) is 4.47 Å². The summed E-state index contributed by atoms with van der Waals surface area (Å²) in [5, 5.41) is 0. The van der Waals surface area contributed by atoms with Crippen LogP contribution in [0, 0.1) is 6.92 Å². The summed E-state index contributed by atoms with van der Waals surface area (Å²) in [7, 11) is 0. The fourth-order valence-electron chi connectivity index (χ4n) is 2.51. The van der Waals surface area contributed by atoms with Crippen LogP contribution in [0.2, 0.25) is 0 Å². The Morgan fingerprint density at radius 3 is 2.55 bits per heavy atom. The second-order valence-corrected chi connectivity index (χ2v) is 6.61. The van der Waals surface area contributed by atoms with Crippen LogP contribution in [0.1, 0.15) is 19.4 Å². The highest BCUT2D eigenvalue weighted by Crippen LogP contribution is 2.25. The highest BCUT2D eigenvalue weighted by Gasteiger charge is 2.18. The molecule has 0 unspecified atom stereocenters. The number of nitrogens with zero attached hydrogens (tertiary/aromatic N) is 2. The molecule has 3 nitrogen and oxygen atoms in total. The van der Waals surface area contributed by atoms with E-state index in [1.165, 1.54) is 18.7 Å². The number of piperazine rings is 1. The topological polar surface area (TPSA) is 15.7 Å². The monoisotopic (exact) mass is 340 g/mol. The van der Waals surface area contributed by atoms with Crippen molar-refractivity contribution in [2.75, 3.05) is 39.3 Å². The normalized spacial score (nSPS) is 17.6. The molecule has 112 valence electrons. The number of benzene rings is 1.